The number of rotatable bonds is 6. The van der Waals surface area contributed by atoms with Gasteiger partial charge in [-0.05, 0) is 24.6 Å². The summed E-state index contributed by atoms with van der Waals surface area (Å²) in [6.45, 7) is 7.16. The Kier molecular flexibility index (Phi) is 6.29. The number of anilines is 1. The summed E-state index contributed by atoms with van der Waals surface area (Å²) in [6.07, 6.45) is 0. The summed E-state index contributed by atoms with van der Waals surface area (Å²) in [5, 5.41) is 6.73. The number of hydrogen-bond donors (Lipinski definition) is 2. The van der Waals surface area contributed by atoms with E-state index in [0.29, 0.717) is 11.6 Å². The number of carbonyl (C=O) groups is 1. The van der Waals surface area contributed by atoms with Crippen LogP contribution in [0.4, 0.5) is 5.69 Å². The van der Waals surface area contributed by atoms with Gasteiger partial charge in [0.1, 0.15) is 0 Å². The second-order valence-corrected chi connectivity index (χ2v) is 5.48. The van der Waals surface area contributed by atoms with Crippen LogP contribution in [0.15, 0.2) is 18.2 Å². The maximum Gasteiger partial charge on any atom is 0.239 e. The monoisotopic (exact) mass is 311 g/mol. The van der Waals surface area contributed by atoms with Gasteiger partial charge < -0.3 is 15.4 Å². The lowest BCUT2D eigenvalue weighted by Crippen LogP contribution is -2.42. The Morgan fingerprint density at radius 2 is 2.14 bits per heavy atom. The molecule has 1 aromatic rings. The van der Waals surface area contributed by atoms with E-state index >= 15 is 0 Å². The van der Waals surface area contributed by atoms with Gasteiger partial charge in [-0.15, -0.1) is 0 Å². The van der Waals surface area contributed by atoms with E-state index in [9.17, 15) is 4.79 Å². The minimum atomic E-state index is -0.0114. The highest BCUT2D eigenvalue weighted by Crippen LogP contribution is 2.22. The minimum absolute atomic E-state index is 0.0114. The van der Waals surface area contributed by atoms with Crippen molar-refractivity contribution in [2.75, 3.05) is 51.3 Å². The third-order valence-corrected chi connectivity index (χ3v) is 3.97. The number of amides is 1. The molecule has 0 aliphatic carbocycles. The fraction of sp³-hybridized carbons (Fsp3) is 0.533. The lowest BCUT2D eigenvalue weighted by atomic mass is 10.2. The second kappa shape index (κ2) is 8.22. The first-order valence-electron chi connectivity index (χ1n) is 7.22. The highest BCUT2D eigenvalue weighted by atomic mass is 35.5. The number of benzene rings is 1. The molecule has 2 rings (SSSR count). The summed E-state index contributed by atoms with van der Waals surface area (Å²) in [5.41, 5.74) is 1.85. The van der Waals surface area contributed by atoms with Crippen LogP contribution in [0.1, 0.15) is 5.56 Å². The van der Waals surface area contributed by atoms with Crippen molar-refractivity contribution in [1.82, 2.24) is 10.2 Å². The Labute approximate surface area is 130 Å². The third kappa shape index (κ3) is 5.19. The maximum atomic E-state index is 11.8. The van der Waals surface area contributed by atoms with Crippen LogP contribution in [0.5, 0.6) is 0 Å². The van der Waals surface area contributed by atoms with Gasteiger partial charge in [0, 0.05) is 36.9 Å². The number of hydrogen-bond acceptors (Lipinski definition) is 4. The first kappa shape index (κ1) is 16.1. The molecule has 0 aromatic heterocycles. The van der Waals surface area contributed by atoms with Gasteiger partial charge in [-0.2, -0.15) is 0 Å². The standard InChI is InChI=1S/C15H22ClN3O2/c1-12-13(16)3-2-4-14(12)18-11-15(20)17-5-6-19-7-9-21-10-8-19/h2-4,18H,5-11H2,1H3,(H,17,20). The van der Waals surface area contributed by atoms with Gasteiger partial charge in [-0.1, -0.05) is 17.7 Å². The van der Waals surface area contributed by atoms with Gasteiger partial charge in [0.2, 0.25) is 5.91 Å². The Bertz CT molecular complexity index is 476. The van der Waals surface area contributed by atoms with E-state index in [1.54, 1.807) is 0 Å². The van der Waals surface area contributed by atoms with E-state index < -0.39 is 0 Å². The van der Waals surface area contributed by atoms with Gasteiger partial charge in [0.25, 0.3) is 0 Å². The van der Waals surface area contributed by atoms with Crippen molar-refractivity contribution >= 4 is 23.2 Å². The fourth-order valence-corrected chi connectivity index (χ4v) is 2.39. The molecule has 0 atom stereocenters. The summed E-state index contributed by atoms with van der Waals surface area (Å²) in [4.78, 5) is 14.1. The molecule has 1 amide bonds. The largest absolute Gasteiger partial charge is 0.379 e. The van der Waals surface area contributed by atoms with Crippen LogP contribution >= 0.6 is 11.6 Å². The number of ether oxygens (including phenoxy) is 1. The molecule has 1 aliphatic heterocycles. The molecule has 0 spiro atoms. The first-order valence-corrected chi connectivity index (χ1v) is 7.60. The number of morpholine rings is 1. The van der Waals surface area contributed by atoms with Crippen molar-refractivity contribution in [2.45, 2.75) is 6.92 Å². The summed E-state index contributed by atoms with van der Waals surface area (Å²) >= 11 is 6.04. The quantitative estimate of drug-likeness (QED) is 0.836. The lowest BCUT2D eigenvalue weighted by molar-refractivity contribution is -0.119. The van der Waals surface area contributed by atoms with Gasteiger partial charge >= 0.3 is 0 Å². The van der Waals surface area contributed by atoms with Crippen LogP contribution in [0.3, 0.4) is 0 Å². The van der Waals surface area contributed by atoms with Crippen LogP contribution in [-0.2, 0) is 9.53 Å². The Hall–Kier alpha value is -1.30. The second-order valence-electron chi connectivity index (χ2n) is 5.07. The molecule has 1 fully saturated rings. The molecular weight excluding hydrogens is 290 g/mol. The molecule has 1 heterocycles. The van der Waals surface area contributed by atoms with Crippen LogP contribution in [0.25, 0.3) is 0 Å². The highest BCUT2D eigenvalue weighted by molar-refractivity contribution is 6.31. The Morgan fingerprint density at radius 1 is 1.38 bits per heavy atom. The summed E-state index contributed by atoms with van der Waals surface area (Å²) in [7, 11) is 0. The average Bonchev–Trinajstić information content (AvgIpc) is 2.50. The van der Waals surface area contributed by atoms with E-state index in [-0.39, 0.29) is 12.5 Å². The predicted molar refractivity (Wildman–Crippen MR) is 84.9 cm³/mol. The van der Waals surface area contributed by atoms with E-state index in [0.717, 1.165) is 44.1 Å². The minimum Gasteiger partial charge on any atom is -0.379 e. The molecule has 5 nitrogen and oxygen atoms in total. The lowest BCUT2D eigenvalue weighted by Gasteiger charge is -2.26. The maximum absolute atomic E-state index is 11.8. The van der Waals surface area contributed by atoms with E-state index in [4.69, 9.17) is 16.3 Å². The van der Waals surface area contributed by atoms with Crippen molar-refractivity contribution in [3.63, 3.8) is 0 Å². The molecule has 0 unspecified atom stereocenters. The van der Waals surface area contributed by atoms with E-state index in [1.807, 2.05) is 25.1 Å². The molecule has 1 aromatic carbocycles. The van der Waals surface area contributed by atoms with Crippen LogP contribution < -0.4 is 10.6 Å². The Morgan fingerprint density at radius 3 is 2.90 bits per heavy atom. The zero-order valence-corrected chi connectivity index (χ0v) is 13.1. The van der Waals surface area contributed by atoms with Gasteiger partial charge in [-0.25, -0.2) is 0 Å². The molecule has 2 N–H and O–H groups in total. The van der Waals surface area contributed by atoms with Crippen molar-refractivity contribution < 1.29 is 9.53 Å². The number of halogens is 1. The zero-order chi connectivity index (χ0) is 15.1. The smallest absolute Gasteiger partial charge is 0.239 e. The van der Waals surface area contributed by atoms with Crippen molar-refractivity contribution in [1.29, 1.82) is 0 Å². The third-order valence-electron chi connectivity index (χ3n) is 3.56. The zero-order valence-electron chi connectivity index (χ0n) is 12.3. The molecular formula is C15H22ClN3O2. The van der Waals surface area contributed by atoms with Crippen LogP contribution in [0.2, 0.25) is 5.02 Å². The van der Waals surface area contributed by atoms with Gasteiger partial charge in [0.05, 0.1) is 19.8 Å². The summed E-state index contributed by atoms with van der Waals surface area (Å²) in [6, 6.07) is 5.63. The summed E-state index contributed by atoms with van der Waals surface area (Å²) in [5.74, 6) is -0.0114. The molecule has 1 aliphatic rings. The number of carbonyl (C=O) groups excluding carboxylic acids is 1. The number of nitrogens with one attached hydrogen (secondary N) is 2. The summed E-state index contributed by atoms with van der Waals surface area (Å²) < 4.78 is 5.29. The van der Waals surface area contributed by atoms with Crippen LogP contribution in [-0.4, -0.2) is 56.7 Å². The molecule has 0 bridgehead atoms. The topological polar surface area (TPSA) is 53.6 Å². The molecule has 1 saturated heterocycles. The fourth-order valence-electron chi connectivity index (χ4n) is 2.22. The Balaban J connectivity index is 1.66. The molecule has 6 heteroatoms. The first-order chi connectivity index (χ1) is 10.2. The van der Waals surface area contributed by atoms with E-state index in [1.165, 1.54) is 0 Å². The molecule has 0 radical (unpaired) electrons. The highest BCUT2D eigenvalue weighted by Gasteiger charge is 2.10. The van der Waals surface area contributed by atoms with Crippen molar-refractivity contribution in [3.8, 4) is 0 Å². The van der Waals surface area contributed by atoms with E-state index in [2.05, 4.69) is 15.5 Å². The number of nitrogens with zero attached hydrogens (tertiary/aromatic N) is 1. The molecule has 116 valence electrons. The molecule has 0 saturated carbocycles. The SMILES string of the molecule is Cc1c(Cl)cccc1NCC(=O)NCCN1CCOCC1. The van der Waals surface area contributed by atoms with Gasteiger partial charge in [0.15, 0.2) is 0 Å². The molecule has 21 heavy (non-hydrogen) atoms. The van der Waals surface area contributed by atoms with Gasteiger partial charge in [-0.3, -0.25) is 9.69 Å². The van der Waals surface area contributed by atoms with Crippen molar-refractivity contribution in [3.05, 3.63) is 28.8 Å². The van der Waals surface area contributed by atoms with Crippen LogP contribution in [0, 0.1) is 6.92 Å². The predicted octanol–water partition coefficient (Wildman–Crippen LogP) is 1.51. The van der Waals surface area contributed by atoms with Crippen molar-refractivity contribution in [2.24, 2.45) is 0 Å². The normalized spacial score (nSPS) is 15.7. The average molecular weight is 312 g/mol.